The largest absolute Gasteiger partial charge is 0.496 e. The van der Waals surface area contributed by atoms with E-state index in [0.29, 0.717) is 24.4 Å². The van der Waals surface area contributed by atoms with Crippen molar-refractivity contribution in [2.24, 2.45) is 0 Å². The van der Waals surface area contributed by atoms with Crippen LogP contribution in [-0.2, 0) is 19.3 Å². The number of hydrogen-bond donors (Lipinski definition) is 0. The first-order valence-corrected chi connectivity index (χ1v) is 11.0. The molecule has 0 spiro atoms. The topological polar surface area (TPSA) is 51.9 Å². The zero-order valence-electron chi connectivity index (χ0n) is 17.4. The van der Waals surface area contributed by atoms with Crippen LogP contribution in [0.4, 0.5) is 13.2 Å². The Bertz CT molecular complexity index is 1380. The second kappa shape index (κ2) is 8.24. The normalized spacial score (nSPS) is 14.2. The third-order valence-electron chi connectivity index (χ3n) is 5.50. The maximum atomic E-state index is 14.1. The number of rotatable bonds is 4. The van der Waals surface area contributed by atoms with E-state index < -0.39 is 22.9 Å². The van der Waals surface area contributed by atoms with E-state index in [4.69, 9.17) is 13.9 Å². The van der Waals surface area contributed by atoms with Gasteiger partial charge in [-0.05, 0) is 29.6 Å². The van der Waals surface area contributed by atoms with Crippen LogP contribution in [0.3, 0.4) is 0 Å². The van der Waals surface area contributed by atoms with Crippen LogP contribution in [0.15, 0.2) is 63.1 Å². The van der Waals surface area contributed by atoms with Crippen LogP contribution in [0.2, 0.25) is 0 Å². The molecule has 5 nitrogen and oxygen atoms in total. The molecule has 170 valence electrons. The number of para-hydroxylation sites is 1. The number of halogens is 3. The van der Waals surface area contributed by atoms with E-state index >= 15 is 0 Å². The standard InChI is InChI=1S/C24H18F3NO4S/c1-30-18-7-3-2-6-15(18)20-21(29)16-8-9-19-17(22(16)32-23(20)24(25,26)27)12-28(13-31-19)11-14-5-4-10-33-14/h2-10H,11-13H2,1H3. The van der Waals surface area contributed by atoms with Crippen LogP contribution < -0.4 is 14.9 Å². The minimum atomic E-state index is -4.89. The molecule has 0 saturated heterocycles. The van der Waals surface area contributed by atoms with Gasteiger partial charge in [0, 0.05) is 23.5 Å². The van der Waals surface area contributed by atoms with Gasteiger partial charge in [0.05, 0.1) is 23.6 Å². The lowest BCUT2D eigenvalue weighted by molar-refractivity contribution is -0.152. The van der Waals surface area contributed by atoms with Crippen molar-refractivity contribution in [1.82, 2.24) is 4.90 Å². The summed E-state index contributed by atoms with van der Waals surface area (Å²) in [5.41, 5.74) is -1.01. The molecule has 33 heavy (non-hydrogen) atoms. The summed E-state index contributed by atoms with van der Waals surface area (Å²) in [7, 11) is 1.34. The zero-order chi connectivity index (χ0) is 23.2. The van der Waals surface area contributed by atoms with Gasteiger partial charge in [-0.15, -0.1) is 11.3 Å². The molecule has 1 aliphatic heterocycles. The van der Waals surface area contributed by atoms with E-state index in [0.717, 1.165) is 4.88 Å². The summed E-state index contributed by atoms with van der Waals surface area (Å²) in [6.07, 6.45) is -4.89. The summed E-state index contributed by atoms with van der Waals surface area (Å²) >= 11 is 1.58. The molecule has 9 heteroatoms. The molecule has 4 aromatic rings. The summed E-state index contributed by atoms with van der Waals surface area (Å²) in [5, 5.41) is 2.02. The highest BCUT2D eigenvalue weighted by molar-refractivity contribution is 7.09. The average molecular weight is 473 g/mol. The van der Waals surface area contributed by atoms with Gasteiger partial charge in [0.15, 0.2) is 0 Å². The number of methoxy groups -OCH3 is 1. The maximum Gasteiger partial charge on any atom is 0.450 e. The van der Waals surface area contributed by atoms with Gasteiger partial charge in [-0.2, -0.15) is 13.2 Å². The highest BCUT2D eigenvalue weighted by atomic mass is 32.1. The summed E-state index contributed by atoms with van der Waals surface area (Å²) in [6, 6.07) is 13.1. The fourth-order valence-corrected chi connectivity index (χ4v) is 4.78. The molecule has 0 saturated carbocycles. The summed E-state index contributed by atoms with van der Waals surface area (Å²) < 4.78 is 58.9. The number of alkyl halides is 3. The van der Waals surface area contributed by atoms with E-state index in [2.05, 4.69) is 0 Å². The van der Waals surface area contributed by atoms with Crippen molar-refractivity contribution in [2.45, 2.75) is 19.3 Å². The predicted octanol–water partition coefficient (Wildman–Crippen LogP) is 5.90. The van der Waals surface area contributed by atoms with E-state index in [-0.39, 0.29) is 29.0 Å². The van der Waals surface area contributed by atoms with Crippen molar-refractivity contribution in [3.05, 3.63) is 80.3 Å². The second-order valence-corrected chi connectivity index (χ2v) is 8.62. The molecule has 0 fully saturated rings. The fourth-order valence-electron chi connectivity index (χ4n) is 4.03. The average Bonchev–Trinajstić information content (AvgIpc) is 3.31. The van der Waals surface area contributed by atoms with Gasteiger partial charge in [-0.1, -0.05) is 24.3 Å². The number of thiophene rings is 1. The second-order valence-electron chi connectivity index (χ2n) is 7.59. The van der Waals surface area contributed by atoms with Crippen molar-refractivity contribution >= 4 is 22.3 Å². The Morgan fingerprint density at radius 1 is 1.12 bits per heavy atom. The molecular formula is C24H18F3NO4S. The first kappa shape index (κ1) is 21.5. The number of ether oxygens (including phenoxy) is 2. The van der Waals surface area contributed by atoms with Crippen LogP contribution >= 0.6 is 11.3 Å². The third-order valence-corrected chi connectivity index (χ3v) is 6.36. The molecule has 3 heterocycles. The lowest BCUT2D eigenvalue weighted by Gasteiger charge is -2.29. The Kier molecular flexibility index (Phi) is 5.38. The van der Waals surface area contributed by atoms with Crippen LogP contribution in [-0.4, -0.2) is 18.7 Å². The first-order chi connectivity index (χ1) is 15.9. The number of benzene rings is 2. The molecule has 1 aliphatic rings. The summed E-state index contributed by atoms with van der Waals surface area (Å²) in [6.45, 7) is 1.15. The summed E-state index contributed by atoms with van der Waals surface area (Å²) in [4.78, 5) is 16.5. The van der Waals surface area contributed by atoms with Crippen molar-refractivity contribution < 1.29 is 27.1 Å². The van der Waals surface area contributed by atoms with E-state index in [9.17, 15) is 18.0 Å². The van der Waals surface area contributed by atoms with Gasteiger partial charge in [0.1, 0.15) is 23.8 Å². The SMILES string of the molecule is COc1ccccc1-c1c(C(F)(F)F)oc2c3c(ccc2c1=O)OCN(Cc1cccs1)C3. The molecule has 0 radical (unpaired) electrons. The highest BCUT2D eigenvalue weighted by Gasteiger charge is 2.40. The first-order valence-electron chi connectivity index (χ1n) is 10.1. The molecule has 2 aromatic carbocycles. The van der Waals surface area contributed by atoms with Crippen molar-refractivity contribution in [2.75, 3.05) is 13.8 Å². The molecule has 0 N–H and O–H groups in total. The Labute approximate surface area is 190 Å². The maximum absolute atomic E-state index is 14.1. The minimum Gasteiger partial charge on any atom is -0.496 e. The molecule has 0 amide bonds. The van der Waals surface area contributed by atoms with Gasteiger partial charge >= 0.3 is 6.18 Å². The van der Waals surface area contributed by atoms with Gasteiger partial charge in [0.2, 0.25) is 11.2 Å². The number of hydrogen-bond acceptors (Lipinski definition) is 6. The van der Waals surface area contributed by atoms with Gasteiger partial charge in [-0.25, -0.2) is 0 Å². The van der Waals surface area contributed by atoms with E-state index in [1.54, 1.807) is 29.5 Å². The monoisotopic (exact) mass is 473 g/mol. The molecular weight excluding hydrogens is 455 g/mol. The van der Waals surface area contributed by atoms with Crippen LogP contribution in [0.25, 0.3) is 22.1 Å². The predicted molar refractivity (Wildman–Crippen MR) is 119 cm³/mol. The Morgan fingerprint density at radius 3 is 2.67 bits per heavy atom. The highest BCUT2D eigenvalue weighted by Crippen LogP contribution is 2.42. The smallest absolute Gasteiger partial charge is 0.450 e. The zero-order valence-corrected chi connectivity index (χ0v) is 18.3. The quantitative estimate of drug-likeness (QED) is 0.369. The van der Waals surface area contributed by atoms with Crippen LogP contribution in [0.1, 0.15) is 16.2 Å². The fraction of sp³-hybridized carbons (Fsp3) is 0.208. The molecule has 5 rings (SSSR count). The van der Waals surface area contributed by atoms with Crippen molar-refractivity contribution in [3.63, 3.8) is 0 Å². The molecule has 2 aromatic heterocycles. The number of fused-ring (bicyclic) bond motifs is 3. The minimum absolute atomic E-state index is 0.0243. The van der Waals surface area contributed by atoms with Crippen LogP contribution in [0, 0.1) is 0 Å². The lowest BCUT2D eigenvalue weighted by atomic mass is 9.99. The van der Waals surface area contributed by atoms with Crippen molar-refractivity contribution in [3.8, 4) is 22.6 Å². The van der Waals surface area contributed by atoms with E-state index in [1.807, 2.05) is 22.4 Å². The Balaban J connectivity index is 1.71. The number of nitrogens with zero attached hydrogens (tertiary/aromatic N) is 1. The Hall–Kier alpha value is -3.30. The Morgan fingerprint density at radius 2 is 1.94 bits per heavy atom. The molecule has 0 bridgehead atoms. The third kappa shape index (κ3) is 3.87. The lowest BCUT2D eigenvalue weighted by Crippen LogP contribution is -2.31. The van der Waals surface area contributed by atoms with Gasteiger partial charge in [0.25, 0.3) is 0 Å². The van der Waals surface area contributed by atoms with Crippen molar-refractivity contribution in [1.29, 1.82) is 0 Å². The van der Waals surface area contributed by atoms with Gasteiger partial charge in [-0.3, -0.25) is 9.69 Å². The van der Waals surface area contributed by atoms with Crippen LogP contribution in [0.5, 0.6) is 11.5 Å². The van der Waals surface area contributed by atoms with E-state index in [1.165, 1.54) is 25.3 Å². The van der Waals surface area contributed by atoms with Gasteiger partial charge < -0.3 is 13.9 Å². The molecule has 0 unspecified atom stereocenters. The molecule has 0 atom stereocenters. The molecule has 0 aliphatic carbocycles. The summed E-state index contributed by atoms with van der Waals surface area (Å²) in [5.74, 6) is -0.794.